The first-order chi connectivity index (χ1) is 15.7. The molecule has 0 unspecified atom stereocenters. The van der Waals surface area contributed by atoms with Crippen LogP contribution in [0.4, 0.5) is 10.6 Å². The van der Waals surface area contributed by atoms with Crippen molar-refractivity contribution in [2.75, 3.05) is 31.1 Å². The minimum atomic E-state index is -1.03. The average molecular weight is 526 g/mol. The van der Waals surface area contributed by atoms with Crippen LogP contribution in [0.25, 0.3) is 6.08 Å². The lowest BCUT2D eigenvalue weighted by Gasteiger charge is -2.31. The summed E-state index contributed by atoms with van der Waals surface area (Å²) >= 11 is 0. The Morgan fingerprint density at radius 1 is 1.17 bits per heavy atom. The number of anilines is 1. The smallest absolute Gasteiger partial charge is 0.416 e. The molecule has 1 fully saturated rings. The third-order valence-electron chi connectivity index (χ3n) is 5.06. The van der Waals surface area contributed by atoms with Gasteiger partial charge in [0.25, 0.3) is 0 Å². The summed E-state index contributed by atoms with van der Waals surface area (Å²) in [5, 5.41) is 8.80. The third kappa shape index (κ3) is 9.76. The molecule has 3 rings (SSSR count). The van der Waals surface area contributed by atoms with Gasteiger partial charge in [-0.2, -0.15) is 0 Å². The van der Waals surface area contributed by atoms with Gasteiger partial charge in [0.05, 0.1) is 6.04 Å². The van der Waals surface area contributed by atoms with Crippen LogP contribution in [0.15, 0.2) is 54.7 Å². The van der Waals surface area contributed by atoms with E-state index in [0.717, 1.165) is 31.3 Å². The number of aromatic nitrogens is 1. The second-order valence-electron chi connectivity index (χ2n) is 8.88. The van der Waals surface area contributed by atoms with Crippen molar-refractivity contribution in [3.05, 3.63) is 60.3 Å². The Morgan fingerprint density at radius 3 is 2.49 bits per heavy atom. The predicted molar refractivity (Wildman–Crippen MR) is 141 cm³/mol. The molecular formula is C25H33Cl2N3O5. The average Bonchev–Trinajstić information content (AvgIpc) is 3.21. The number of pyridine rings is 1. The lowest BCUT2D eigenvalue weighted by molar-refractivity contribution is -0.131. The highest BCUT2D eigenvalue weighted by atomic mass is 35.5. The molecule has 1 aromatic carbocycles. The first-order valence-corrected chi connectivity index (χ1v) is 11.0. The molecule has 8 nitrogen and oxygen atoms in total. The number of rotatable bonds is 8. The van der Waals surface area contributed by atoms with E-state index in [2.05, 4.69) is 9.88 Å². The summed E-state index contributed by atoms with van der Waals surface area (Å²) in [6.45, 7) is 8.32. The van der Waals surface area contributed by atoms with E-state index in [1.54, 1.807) is 23.2 Å². The highest BCUT2D eigenvalue weighted by molar-refractivity contribution is 5.88. The van der Waals surface area contributed by atoms with Crippen LogP contribution in [0, 0.1) is 0 Å². The Hall–Kier alpha value is -2.81. The summed E-state index contributed by atoms with van der Waals surface area (Å²) < 4.78 is 11.5. The lowest BCUT2D eigenvalue weighted by atomic mass is 10.2. The van der Waals surface area contributed by atoms with Gasteiger partial charge >= 0.3 is 12.1 Å². The summed E-state index contributed by atoms with van der Waals surface area (Å²) in [5.41, 5.74) is -0.00203. The van der Waals surface area contributed by atoms with E-state index in [1.807, 2.05) is 51.1 Å². The van der Waals surface area contributed by atoms with Crippen LogP contribution in [0.1, 0.15) is 32.8 Å². The van der Waals surface area contributed by atoms with Crippen molar-refractivity contribution >= 4 is 48.8 Å². The van der Waals surface area contributed by atoms with E-state index in [9.17, 15) is 9.59 Å². The summed E-state index contributed by atoms with van der Waals surface area (Å²) in [4.78, 5) is 32.1. The van der Waals surface area contributed by atoms with Crippen LogP contribution in [0.2, 0.25) is 0 Å². The molecule has 1 amide bonds. The molecule has 0 saturated carbocycles. The molecule has 2 aromatic rings. The molecule has 192 valence electrons. The van der Waals surface area contributed by atoms with E-state index >= 15 is 0 Å². The molecule has 2 heterocycles. The fourth-order valence-electron chi connectivity index (χ4n) is 3.58. The number of benzene rings is 1. The number of carbonyl (C=O) groups excluding carboxylic acids is 1. The summed E-state index contributed by atoms with van der Waals surface area (Å²) in [6.07, 6.45) is 4.39. The van der Waals surface area contributed by atoms with Gasteiger partial charge in [0.15, 0.2) is 0 Å². The number of likely N-dealkylation sites (tertiary alicyclic amines) is 1. The van der Waals surface area contributed by atoms with Gasteiger partial charge < -0.3 is 14.6 Å². The SMILES string of the molecule is CC(C)(C)OC(=O)N(c1ccc(C=CC(=O)O)cn1)[C@@H]1CCN(CCOc2ccccc2)C1.Cl.Cl. The van der Waals surface area contributed by atoms with Crippen molar-refractivity contribution in [3.63, 3.8) is 0 Å². The number of halogens is 2. The largest absolute Gasteiger partial charge is 0.492 e. The van der Waals surface area contributed by atoms with Crippen molar-refractivity contribution < 1.29 is 24.2 Å². The molecular weight excluding hydrogens is 493 g/mol. The topological polar surface area (TPSA) is 92.2 Å². The molecule has 0 aliphatic carbocycles. The van der Waals surface area contributed by atoms with Gasteiger partial charge in [0.2, 0.25) is 0 Å². The molecule has 10 heteroatoms. The molecule has 1 saturated heterocycles. The Balaban J connectivity index is 0.00000306. The van der Waals surface area contributed by atoms with Crippen LogP contribution in [-0.2, 0) is 9.53 Å². The van der Waals surface area contributed by atoms with E-state index in [1.165, 1.54) is 6.08 Å². The van der Waals surface area contributed by atoms with Gasteiger partial charge in [-0.1, -0.05) is 18.2 Å². The fourth-order valence-corrected chi connectivity index (χ4v) is 3.58. The zero-order chi connectivity index (χ0) is 23.8. The lowest BCUT2D eigenvalue weighted by Crippen LogP contribution is -2.45. The Labute approximate surface area is 218 Å². The summed E-state index contributed by atoms with van der Waals surface area (Å²) in [6, 6.07) is 13.0. The zero-order valence-electron chi connectivity index (χ0n) is 20.1. The van der Waals surface area contributed by atoms with Gasteiger partial charge in [-0.3, -0.25) is 9.80 Å². The fraction of sp³-hybridized carbons (Fsp3) is 0.400. The predicted octanol–water partition coefficient (Wildman–Crippen LogP) is 4.92. The highest BCUT2D eigenvalue weighted by Gasteiger charge is 2.35. The first-order valence-electron chi connectivity index (χ1n) is 11.0. The second-order valence-corrected chi connectivity index (χ2v) is 8.88. The van der Waals surface area contributed by atoms with Gasteiger partial charge in [-0.15, -0.1) is 24.8 Å². The number of hydrogen-bond acceptors (Lipinski definition) is 6. The molecule has 0 spiro atoms. The number of carbonyl (C=O) groups is 2. The monoisotopic (exact) mass is 525 g/mol. The minimum absolute atomic E-state index is 0. The van der Waals surface area contributed by atoms with Crippen molar-refractivity contribution in [3.8, 4) is 5.75 Å². The normalized spacial score (nSPS) is 15.7. The van der Waals surface area contributed by atoms with Crippen LogP contribution in [-0.4, -0.2) is 64.9 Å². The van der Waals surface area contributed by atoms with Crippen LogP contribution >= 0.6 is 24.8 Å². The molecule has 1 aromatic heterocycles. The Morgan fingerprint density at radius 2 is 1.89 bits per heavy atom. The molecule has 0 radical (unpaired) electrons. The Bertz CT molecular complexity index is 965. The standard InChI is InChI=1S/C25H31N3O5.2ClH/c1-25(2,3)33-24(31)28(22-11-9-19(17-26-22)10-12-23(29)30)20-13-14-27(18-20)15-16-32-21-7-5-4-6-8-21;;/h4-12,17,20H,13-16,18H2,1-3H3,(H,29,30);2*1H/t20-;;/m1../s1. The third-order valence-corrected chi connectivity index (χ3v) is 5.06. The zero-order valence-corrected chi connectivity index (χ0v) is 21.8. The van der Waals surface area contributed by atoms with Gasteiger partial charge in [-0.05, 0) is 63.1 Å². The molecule has 1 N–H and O–H groups in total. The number of para-hydroxylation sites is 1. The maximum absolute atomic E-state index is 13.1. The van der Waals surface area contributed by atoms with E-state index in [-0.39, 0.29) is 30.9 Å². The molecule has 35 heavy (non-hydrogen) atoms. The maximum Gasteiger partial charge on any atom is 0.416 e. The quantitative estimate of drug-likeness (QED) is 0.489. The first kappa shape index (κ1) is 30.2. The number of carboxylic acids is 1. The molecule has 1 atom stereocenters. The number of carboxylic acid groups (broad SMARTS) is 1. The van der Waals surface area contributed by atoms with Crippen LogP contribution < -0.4 is 9.64 Å². The van der Waals surface area contributed by atoms with Crippen molar-refractivity contribution in [1.82, 2.24) is 9.88 Å². The number of ether oxygens (including phenoxy) is 2. The number of hydrogen-bond donors (Lipinski definition) is 1. The number of nitrogens with zero attached hydrogens (tertiary/aromatic N) is 3. The number of amides is 1. The van der Waals surface area contributed by atoms with E-state index < -0.39 is 17.7 Å². The van der Waals surface area contributed by atoms with Crippen LogP contribution in [0.3, 0.4) is 0 Å². The molecule has 1 aliphatic rings. The molecule has 0 bridgehead atoms. The van der Waals surface area contributed by atoms with Gasteiger partial charge in [0.1, 0.15) is 23.8 Å². The van der Waals surface area contributed by atoms with Crippen molar-refractivity contribution in [1.29, 1.82) is 0 Å². The van der Waals surface area contributed by atoms with E-state index in [0.29, 0.717) is 24.5 Å². The van der Waals surface area contributed by atoms with Crippen molar-refractivity contribution in [2.24, 2.45) is 0 Å². The minimum Gasteiger partial charge on any atom is -0.492 e. The highest BCUT2D eigenvalue weighted by Crippen LogP contribution is 2.25. The summed E-state index contributed by atoms with van der Waals surface area (Å²) in [7, 11) is 0. The van der Waals surface area contributed by atoms with E-state index in [4.69, 9.17) is 14.6 Å². The van der Waals surface area contributed by atoms with Crippen molar-refractivity contribution in [2.45, 2.75) is 38.8 Å². The number of aliphatic carboxylic acids is 1. The Kier molecular flexibility index (Phi) is 12.0. The second kappa shape index (κ2) is 13.9. The van der Waals surface area contributed by atoms with Gasteiger partial charge in [-0.25, -0.2) is 14.6 Å². The maximum atomic E-state index is 13.1. The summed E-state index contributed by atoms with van der Waals surface area (Å²) in [5.74, 6) is 0.283. The molecule has 1 aliphatic heterocycles. The van der Waals surface area contributed by atoms with Crippen LogP contribution in [0.5, 0.6) is 5.75 Å². The van der Waals surface area contributed by atoms with Gasteiger partial charge in [0, 0.05) is 31.9 Å².